The Morgan fingerprint density at radius 3 is 2.21 bits per heavy atom. The van der Waals surface area contributed by atoms with E-state index >= 15 is 0 Å². The van der Waals surface area contributed by atoms with Crippen molar-refractivity contribution < 1.29 is 22.6 Å². The molecule has 1 atom stereocenters. The van der Waals surface area contributed by atoms with E-state index in [0.717, 1.165) is 6.42 Å². The summed E-state index contributed by atoms with van der Waals surface area (Å²) >= 11 is 0. The van der Waals surface area contributed by atoms with E-state index in [2.05, 4.69) is 0 Å². The zero-order chi connectivity index (χ0) is 14.3. The van der Waals surface area contributed by atoms with Crippen LogP contribution in [0.15, 0.2) is 24.3 Å². The molecule has 0 saturated heterocycles. The summed E-state index contributed by atoms with van der Waals surface area (Å²) in [5, 5.41) is 0. The predicted octanol–water partition coefficient (Wildman–Crippen LogP) is 3.13. The van der Waals surface area contributed by atoms with Crippen molar-refractivity contribution in [2.75, 3.05) is 13.2 Å². The molecule has 0 amide bonds. The average Bonchev–Trinajstić information content (AvgIpc) is 2.36. The van der Waals surface area contributed by atoms with Gasteiger partial charge in [0.2, 0.25) is 0 Å². The SMILES string of the molecule is CCCOc1ccc(OC(CCN)C(F)(F)F)cc1. The zero-order valence-electron chi connectivity index (χ0n) is 10.7. The molecule has 0 fully saturated rings. The Morgan fingerprint density at radius 1 is 1.16 bits per heavy atom. The van der Waals surface area contributed by atoms with E-state index in [-0.39, 0.29) is 18.7 Å². The van der Waals surface area contributed by atoms with Gasteiger partial charge in [0.05, 0.1) is 6.61 Å². The Morgan fingerprint density at radius 2 is 1.74 bits per heavy atom. The highest BCUT2D eigenvalue weighted by Crippen LogP contribution is 2.28. The van der Waals surface area contributed by atoms with Gasteiger partial charge in [-0.05, 0) is 37.2 Å². The van der Waals surface area contributed by atoms with Crippen molar-refractivity contribution in [2.45, 2.75) is 32.0 Å². The van der Waals surface area contributed by atoms with Gasteiger partial charge in [0.1, 0.15) is 11.5 Å². The van der Waals surface area contributed by atoms with Crippen LogP contribution >= 0.6 is 0 Å². The third-order valence-electron chi connectivity index (χ3n) is 2.37. The van der Waals surface area contributed by atoms with Crippen LogP contribution in [0.25, 0.3) is 0 Å². The van der Waals surface area contributed by atoms with E-state index in [0.29, 0.717) is 12.4 Å². The second kappa shape index (κ2) is 7.23. The monoisotopic (exact) mass is 277 g/mol. The molecular weight excluding hydrogens is 259 g/mol. The first-order valence-electron chi connectivity index (χ1n) is 6.13. The highest BCUT2D eigenvalue weighted by molar-refractivity contribution is 5.31. The molecule has 0 aromatic heterocycles. The molecule has 108 valence electrons. The smallest absolute Gasteiger partial charge is 0.425 e. The fourth-order valence-corrected chi connectivity index (χ4v) is 1.44. The Kier molecular flexibility index (Phi) is 5.95. The molecule has 0 bridgehead atoms. The van der Waals surface area contributed by atoms with Gasteiger partial charge < -0.3 is 15.2 Å². The summed E-state index contributed by atoms with van der Waals surface area (Å²) in [6.45, 7) is 2.46. The van der Waals surface area contributed by atoms with E-state index < -0.39 is 12.3 Å². The van der Waals surface area contributed by atoms with Crippen molar-refractivity contribution in [1.29, 1.82) is 0 Å². The van der Waals surface area contributed by atoms with Crippen molar-refractivity contribution in [3.8, 4) is 11.5 Å². The van der Waals surface area contributed by atoms with Crippen LogP contribution < -0.4 is 15.2 Å². The number of rotatable bonds is 7. The molecule has 0 heterocycles. The number of halogens is 3. The molecule has 0 radical (unpaired) electrons. The number of benzene rings is 1. The Balaban J connectivity index is 2.64. The summed E-state index contributed by atoms with van der Waals surface area (Å²) in [7, 11) is 0. The van der Waals surface area contributed by atoms with Gasteiger partial charge in [-0.2, -0.15) is 13.2 Å². The highest BCUT2D eigenvalue weighted by Gasteiger charge is 2.41. The minimum Gasteiger partial charge on any atom is -0.494 e. The van der Waals surface area contributed by atoms with Crippen LogP contribution in [0.3, 0.4) is 0 Å². The van der Waals surface area contributed by atoms with E-state index in [9.17, 15) is 13.2 Å². The molecule has 0 saturated carbocycles. The van der Waals surface area contributed by atoms with Crippen LogP contribution in [0.5, 0.6) is 11.5 Å². The number of hydrogen-bond acceptors (Lipinski definition) is 3. The maximum Gasteiger partial charge on any atom is 0.425 e. The molecule has 0 aliphatic heterocycles. The van der Waals surface area contributed by atoms with Crippen LogP contribution in [0.2, 0.25) is 0 Å². The van der Waals surface area contributed by atoms with Crippen LogP contribution in [0, 0.1) is 0 Å². The molecule has 0 aliphatic carbocycles. The van der Waals surface area contributed by atoms with Crippen molar-refractivity contribution >= 4 is 0 Å². The molecule has 1 aromatic rings. The predicted molar refractivity (Wildman–Crippen MR) is 66.4 cm³/mol. The molecule has 0 spiro atoms. The molecular formula is C13H18F3NO2. The van der Waals surface area contributed by atoms with Gasteiger partial charge in [0.25, 0.3) is 0 Å². The van der Waals surface area contributed by atoms with Crippen molar-refractivity contribution in [3.63, 3.8) is 0 Å². The van der Waals surface area contributed by atoms with Gasteiger partial charge in [-0.3, -0.25) is 0 Å². The van der Waals surface area contributed by atoms with Gasteiger partial charge >= 0.3 is 6.18 Å². The van der Waals surface area contributed by atoms with Gasteiger partial charge in [0, 0.05) is 6.42 Å². The summed E-state index contributed by atoms with van der Waals surface area (Å²) in [5.74, 6) is 0.760. The maximum absolute atomic E-state index is 12.6. The number of hydrogen-bond donors (Lipinski definition) is 1. The highest BCUT2D eigenvalue weighted by atomic mass is 19.4. The standard InChI is InChI=1S/C13H18F3NO2/c1-2-9-18-10-3-5-11(6-4-10)19-12(7-8-17)13(14,15)16/h3-6,12H,2,7-9,17H2,1H3. The third-order valence-corrected chi connectivity index (χ3v) is 2.37. The van der Waals surface area contributed by atoms with E-state index in [4.69, 9.17) is 15.2 Å². The summed E-state index contributed by atoms with van der Waals surface area (Å²) < 4.78 is 48.2. The number of alkyl halides is 3. The number of ether oxygens (including phenoxy) is 2. The molecule has 0 aliphatic rings. The second-order valence-corrected chi connectivity index (χ2v) is 4.05. The van der Waals surface area contributed by atoms with Crippen molar-refractivity contribution in [2.24, 2.45) is 5.73 Å². The summed E-state index contributed by atoms with van der Waals surface area (Å²) in [6, 6.07) is 6.09. The van der Waals surface area contributed by atoms with Crippen LogP contribution in [0.1, 0.15) is 19.8 Å². The Bertz CT molecular complexity index is 365. The normalized spacial score (nSPS) is 13.1. The van der Waals surface area contributed by atoms with E-state index in [1.807, 2.05) is 6.92 Å². The minimum atomic E-state index is -4.42. The van der Waals surface area contributed by atoms with Crippen LogP contribution in [-0.2, 0) is 0 Å². The Labute approximate surface area is 110 Å². The van der Waals surface area contributed by atoms with Crippen LogP contribution in [0.4, 0.5) is 13.2 Å². The summed E-state index contributed by atoms with van der Waals surface area (Å²) in [4.78, 5) is 0. The largest absolute Gasteiger partial charge is 0.494 e. The van der Waals surface area contributed by atoms with Crippen molar-refractivity contribution in [3.05, 3.63) is 24.3 Å². The Hall–Kier alpha value is -1.43. The summed E-state index contributed by atoms with van der Waals surface area (Å²) in [5.41, 5.74) is 5.16. The molecule has 1 rings (SSSR count). The fraction of sp³-hybridized carbons (Fsp3) is 0.538. The topological polar surface area (TPSA) is 44.5 Å². The first-order chi connectivity index (χ1) is 8.97. The van der Waals surface area contributed by atoms with Crippen LogP contribution in [-0.4, -0.2) is 25.4 Å². The third kappa shape index (κ3) is 5.38. The van der Waals surface area contributed by atoms with Gasteiger partial charge in [-0.1, -0.05) is 6.92 Å². The lowest BCUT2D eigenvalue weighted by atomic mass is 10.2. The first kappa shape index (κ1) is 15.6. The lowest BCUT2D eigenvalue weighted by Gasteiger charge is -2.21. The van der Waals surface area contributed by atoms with Crippen molar-refractivity contribution in [1.82, 2.24) is 0 Å². The number of nitrogens with two attached hydrogens (primary N) is 1. The first-order valence-corrected chi connectivity index (χ1v) is 6.13. The summed E-state index contributed by atoms with van der Waals surface area (Å²) in [6.07, 6.45) is -5.70. The lowest BCUT2D eigenvalue weighted by Crippen LogP contribution is -2.36. The van der Waals surface area contributed by atoms with E-state index in [1.54, 1.807) is 12.1 Å². The zero-order valence-corrected chi connectivity index (χ0v) is 10.7. The molecule has 2 N–H and O–H groups in total. The second-order valence-electron chi connectivity index (χ2n) is 4.05. The minimum absolute atomic E-state index is 0.0815. The fourth-order valence-electron chi connectivity index (χ4n) is 1.44. The maximum atomic E-state index is 12.6. The molecule has 6 heteroatoms. The molecule has 1 unspecified atom stereocenters. The quantitative estimate of drug-likeness (QED) is 0.832. The average molecular weight is 277 g/mol. The van der Waals surface area contributed by atoms with E-state index in [1.165, 1.54) is 12.1 Å². The van der Waals surface area contributed by atoms with Gasteiger partial charge in [-0.15, -0.1) is 0 Å². The molecule has 19 heavy (non-hydrogen) atoms. The van der Waals surface area contributed by atoms with Gasteiger partial charge in [0.15, 0.2) is 6.10 Å². The molecule has 1 aromatic carbocycles. The molecule has 3 nitrogen and oxygen atoms in total. The lowest BCUT2D eigenvalue weighted by molar-refractivity contribution is -0.196. The van der Waals surface area contributed by atoms with Gasteiger partial charge in [-0.25, -0.2) is 0 Å².